The molecule has 0 heterocycles. The van der Waals surface area contributed by atoms with Gasteiger partial charge in [0.05, 0.1) is 6.42 Å². The second-order valence-electron chi connectivity index (χ2n) is 9.11. The first-order valence-electron chi connectivity index (χ1n) is 11.7. The van der Waals surface area contributed by atoms with Crippen molar-refractivity contribution in [2.24, 2.45) is 0 Å². The number of carboxylic acid groups (broad SMARTS) is 1. The van der Waals surface area contributed by atoms with Gasteiger partial charge in [0.1, 0.15) is 12.1 Å². The molecule has 0 atom stereocenters. The summed E-state index contributed by atoms with van der Waals surface area (Å²) in [5, 5.41) is 14.5. The molecule has 0 saturated heterocycles. The lowest BCUT2D eigenvalue weighted by Gasteiger charge is -2.40. The molecule has 1 saturated carbocycles. The molecule has 2 aliphatic carbocycles. The summed E-state index contributed by atoms with van der Waals surface area (Å²) < 4.78 is 5.64. The van der Waals surface area contributed by atoms with Crippen LogP contribution in [0.2, 0.25) is 0 Å². The van der Waals surface area contributed by atoms with E-state index in [0.29, 0.717) is 24.1 Å². The lowest BCUT2D eigenvalue weighted by molar-refractivity contribution is -0.136. The third-order valence-electron chi connectivity index (χ3n) is 6.89. The van der Waals surface area contributed by atoms with E-state index < -0.39 is 17.6 Å². The van der Waals surface area contributed by atoms with E-state index in [1.54, 1.807) is 24.3 Å². The Balaban J connectivity index is 1.22. The zero-order valence-electron chi connectivity index (χ0n) is 19.1. The van der Waals surface area contributed by atoms with E-state index in [2.05, 4.69) is 34.9 Å². The van der Waals surface area contributed by atoms with Gasteiger partial charge in [0, 0.05) is 11.6 Å². The summed E-state index contributed by atoms with van der Waals surface area (Å²) in [5.74, 6) is -1.27. The van der Waals surface area contributed by atoms with Crippen LogP contribution in [0.5, 0.6) is 0 Å². The number of anilines is 1. The van der Waals surface area contributed by atoms with Gasteiger partial charge in [-0.15, -0.1) is 0 Å². The number of carboxylic acids is 1. The predicted octanol–water partition coefficient (Wildman–Crippen LogP) is 4.71. The fourth-order valence-electron chi connectivity index (χ4n) is 4.90. The molecule has 3 aromatic rings. The Morgan fingerprint density at radius 1 is 0.886 bits per heavy atom. The van der Waals surface area contributed by atoms with E-state index in [0.717, 1.165) is 28.7 Å². The van der Waals surface area contributed by atoms with E-state index in [-0.39, 0.29) is 24.9 Å². The number of carbonyl (C=O) groups is 3. The van der Waals surface area contributed by atoms with Gasteiger partial charge in [-0.25, -0.2) is 4.79 Å². The number of fused-ring (bicyclic) bond motifs is 3. The highest BCUT2D eigenvalue weighted by Gasteiger charge is 2.46. The van der Waals surface area contributed by atoms with Crippen LogP contribution in [0.15, 0.2) is 72.8 Å². The van der Waals surface area contributed by atoms with Crippen molar-refractivity contribution in [1.29, 1.82) is 0 Å². The summed E-state index contributed by atoms with van der Waals surface area (Å²) in [6.45, 7) is 0.183. The predicted molar refractivity (Wildman–Crippen MR) is 131 cm³/mol. The number of rotatable bonds is 7. The number of hydrogen-bond donors (Lipinski definition) is 3. The highest BCUT2D eigenvalue weighted by molar-refractivity contribution is 6.00. The minimum atomic E-state index is -1.01. The average Bonchev–Trinajstić information content (AvgIpc) is 3.15. The number of ether oxygens (including phenoxy) is 1. The quantitative estimate of drug-likeness (QED) is 0.464. The van der Waals surface area contributed by atoms with Crippen LogP contribution in [0.4, 0.5) is 10.5 Å². The summed E-state index contributed by atoms with van der Waals surface area (Å²) in [6.07, 6.45) is 1.19. The van der Waals surface area contributed by atoms with Gasteiger partial charge in [-0.05, 0) is 59.2 Å². The van der Waals surface area contributed by atoms with Crippen molar-refractivity contribution in [3.63, 3.8) is 0 Å². The lowest BCUT2D eigenvalue weighted by atomic mass is 9.76. The molecule has 7 heteroatoms. The van der Waals surface area contributed by atoms with E-state index in [1.165, 1.54) is 0 Å². The number of benzene rings is 3. The van der Waals surface area contributed by atoms with Crippen molar-refractivity contribution in [3.8, 4) is 11.1 Å². The zero-order chi connectivity index (χ0) is 24.4. The minimum absolute atomic E-state index is 0.0522. The van der Waals surface area contributed by atoms with Crippen LogP contribution < -0.4 is 10.6 Å². The topological polar surface area (TPSA) is 105 Å². The molecule has 3 N–H and O–H groups in total. The van der Waals surface area contributed by atoms with Crippen molar-refractivity contribution in [1.82, 2.24) is 5.32 Å². The van der Waals surface area contributed by atoms with Crippen LogP contribution in [0.3, 0.4) is 0 Å². The number of nitrogens with one attached hydrogen (secondary N) is 2. The maximum Gasteiger partial charge on any atom is 0.408 e. The standard InChI is InChI=1S/C28H26N2O5/c31-25(32)16-18-10-12-19(13-11-18)29-26(33)28(14-5-15-28)30-27(34)35-17-24-22-8-3-1-6-20(22)21-7-2-4-9-23(21)24/h1-4,6-13,24H,5,14-17H2,(H,29,33)(H,30,34)(H,31,32). The molecule has 35 heavy (non-hydrogen) atoms. The van der Waals surface area contributed by atoms with E-state index in [9.17, 15) is 14.4 Å². The van der Waals surface area contributed by atoms with Crippen molar-refractivity contribution >= 4 is 23.7 Å². The molecular formula is C28H26N2O5. The summed E-state index contributed by atoms with van der Waals surface area (Å²) in [4.78, 5) is 36.6. The summed E-state index contributed by atoms with van der Waals surface area (Å²) in [5.41, 5.74) is 4.74. The van der Waals surface area contributed by atoms with Gasteiger partial charge < -0.3 is 20.5 Å². The first-order chi connectivity index (χ1) is 16.9. The molecule has 0 aliphatic heterocycles. The van der Waals surface area contributed by atoms with Crippen LogP contribution in [0.25, 0.3) is 11.1 Å². The maximum absolute atomic E-state index is 13.0. The fraction of sp³-hybridized carbons (Fsp3) is 0.250. The summed E-state index contributed by atoms with van der Waals surface area (Å²) in [7, 11) is 0. The van der Waals surface area contributed by atoms with Gasteiger partial charge in [-0.1, -0.05) is 60.7 Å². The van der Waals surface area contributed by atoms with Gasteiger partial charge >= 0.3 is 12.1 Å². The Kier molecular flexibility index (Phi) is 5.99. The maximum atomic E-state index is 13.0. The molecule has 2 amide bonds. The molecule has 178 valence electrons. The normalized spacial score (nSPS) is 15.3. The van der Waals surface area contributed by atoms with E-state index in [1.807, 2.05) is 24.3 Å². The molecule has 1 fully saturated rings. The van der Waals surface area contributed by atoms with Crippen LogP contribution in [-0.2, 0) is 20.7 Å². The second kappa shape index (κ2) is 9.25. The van der Waals surface area contributed by atoms with Gasteiger partial charge in [0.25, 0.3) is 0 Å². The van der Waals surface area contributed by atoms with Crippen molar-refractivity contribution < 1.29 is 24.2 Å². The first kappa shape index (κ1) is 22.7. The monoisotopic (exact) mass is 470 g/mol. The highest BCUT2D eigenvalue weighted by Crippen LogP contribution is 2.44. The van der Waals surface area contributed by atoms with Gasteiger partial charge in [-0.3, -0.25) is 9.59 Å². The molecule has 0 radical (unpaired) electrons. The molecule has 3 aromatic carbocycles. The summed E-state index contributed by atoms with van der Waals surface area (Å²) in [6, 6.07) is 22.9. The number of alkyl carbamates (subject to hydrolysis) is 1. The molecule has 0 unspecified atom stereocenters. The number of hydrogen-bond acceptors (Lipinski definition) is 4. The summed E-state index contributed by atoms with van der Waals surface area (Å²) >= 11 is 0. The number of carbonyl (C=O) groups excluding carboxylic acids is 2. The Morgan fingerprint density at radius 2 is 1.49 bits per heavy atom. The Morgan fingerprint density at radius 3 is 2.03 bits per heavy atom. The lowest BCUT2D eigenvalue weighted by Crippen LogP contribution is -2.61. The molecular weight excluding hydrogens is 444 g/mol. The Bertz CT molecular complexity index is 1240. The van der Waals surface area contributed by atoms with Crippen molar-refractivity contribution in [2.45, 2.75) is 37.1 Å². The number of amides is 2. The number of aliphatic carboxylic acids is 1. The molecule has 2 aliphatic rings. The van der Waals surface area contributed by atoms with E-state index in [4.69, 9.17) is 9.84 Å². The van der Waals surface area contributed by atoms with E-state index >= 15 is 0 Å². The largest absolute Gasteiger partial charge is 0.481 e. The van der Waals surface area contributed by atoms with Crippen LogP contribution in [-0.4, -0.2) is 35.2 Å². The fourth-order valence-corrected chi connectivity index (χ4v) is 4.90. The smallest absolute Gasteiger partial charge is 0.408 e. The van der Waals surface area contributed by atoms with Crippen molar-refractivity contribution in [3.05, 3.63) is 89.5 Å². The second-order valence-corrected chi connectivity index (χ2v) is 9.11. The Hall–Kier alpha value is -4.13. The zero-order valence-corrected chi connectivity index (χ0v) is 19.1. The first-order valence-corrected chi connectivity index (χ1v) is 11.7. The van der Waals surface area contributed by atoms with Gasteiger partial charge in [-0.2, -0.15) is 0 Å². The highest BCUT2D eigenvalue weighted by atomic mass is 16.5. The van der Waals surface area contributed by atoms with Crippen LogP contribution in [0, 0.1) is 0 Å². The SMILES string of the molecule is O=C(O)Cc1ccc(NC(=O)C2(NC(=O)OCC3c4ccccc4-c4ccccc43)CCC2)cc1. The van der Waals surface area contributed by atoms with Gasteiger partial charge in [0.2, 0.25) is 5.91 Å². The molecule has 0 aromatic heterocycles. The minimum Gasteiger partial charge on any atom is -0.481 e. The molecule has 0 spiro atoms. The average molecular weight is 471 g/mol. The molecule has 7 nitrogen and oxygen atoms in total. The Labute approximate surface area is 203 Å². The third-order valence-corrected chi connectivity index (χ3v) is 6.89. The molecule has 5 rings (SSSR count). The van der Waals surface area contributed by atoms with Crippen LogP contribution >= 0.6 is 0 Å². The van der Waals surface area contributed by atoms with Gasteiger partial charge in [0.15, 0.2) is 0 Å². The van der Waals surface area contributed by atoms with Crippen LogP contribution in [0.1, 0.15) is 41.9 Å². The third kappa shape index (κ3) is 4.49. The van der Waals surface area contributed by atoms with Crippen molar-refractivity contribution in [2.75, 3.05) is 11.9 Å². The molecule has 0 bridgehead atoms.